The molecule has 1 aromatic rings. The molecule has 0 fully saturated rings. The van der Waals surface area contributed by atoms with Gasteiger partial charge in [-0.3, -0.25) is 4.79 Å². The van der Waals surface area contributed by atoms with Crippen molar-refractivity contribution in [3.63, 3.8) is 0 Å². The van der Waals surface area contributed by atoms with E-state index in [1.165, 1.54) is 18.2 Å². The van der Waals surface area contributed by atoms with E-state index < -0.39 is 15.6 Å². The van der Waals surface area contributed by atoms with E-state index in [4.69, 9.17) is 10.9 Å². The fourth-order valence-electron chi connectivity index (χ4n) is 1.38. The maximum absolute atomic E-state index is 11.7. The number of hydrogen-bond donors (Lipinski definition) is 3. The number of nitrogens with one attached hydrogen (secondary N) is 1. The second-order valence-electron chi connectivity index (χ2n) is 4.90. The van der Waals surface area contributed by atoms with Crippen LogP contribution in [0.25, 0.3) is 0 Å². The van der Waals surface area contributed by atoms with E-state index in [1.54, 1.807) is 13.8 Å². The van der Waals surface area contributed by atoms with Crippen molar-refractivity contribution in [3.8, 4) is 0 Å². The highest BCUT2D eigenvalue weighted by Gasteiger charge is 2.17. The van der Waals surface area contributed by atoms with Crippen LogP contribution in [0.3, 0.4) is 0 Å². The van der Waals surface area contributed by atoms with Gasteiger partial charge in [0.2, 0.25) is 15.9 Å². The summed E-state index contributed by atoms with van der Waals surface area (Å²) in [5.74, 6) is -0.253. The molecule has 0 saturated carbocycles. The lowest BCUT2D eigenvalue weighted by Crippen LogP contribution is -2.36. The van der Waals surface area contributed by atoms with Crippen molar-refractivity contribution < 1.29 is 13.2 Å². The van der Waals surface area contributed by atoms with Gasteiger partial charge in [-0.25, -0.2) is 13.6 Å². The van der Waals surface area contributed by atoms with Gasteiger partial charge in [0.25, 0.3) is 0 Å². The predicted molar refractivity (Wildman–Crippen MR) is 77.0 cm³/mol. The Hall–Kier alpha value is -0.960. The number of carbonyl (C=O) groups is 1. The summed E-state index contributed by atoms with van der Waals surface area (Å²) in [4.78, 5) is 11.7. The molecule has 0 spiro atoms. The number of sulfonamides is 1. The van der Waals surface area contributed by atoms with E-state index in [1.807, 2.05) is 0 Å². The highest BCUT2D eigenvalue weighted by Crippen LogP contribution is 2.25. The minimum atomic E-state index is -3.76. The fourth-order valence-corrected chi connectivity index (χ4v) is 2.55. The number of anilines is 1. The van der Waals surface area contributed by atoms with Crippen LogP contribution in [0.1, 0.15) is 20.3 Å². The Morgan fingerprint density at radius 3 is 2.42 bits per heavy atom. The van der Waals surface area contributed by atoms with Gasteiger partial charge in [0.1, 0.15) is 0 Å². The zero-order valence-corrected chi connectivity index (χ0v) is 13.0. The van der Waals surface area contributed by atoms with Crippen LogP contribution in [0.4, 0.5) is 5.69 Å². The number of halogens is 1. The number of primary sulfonamides is 1. The standard InChI is InChI=1S/C11H16BrN3O3S/c1-11(2,13)6-10(16)15-9-4-3-7(5-8(9)12)19(14,17)18/h3-5H,6,13H2,1-2H3,(H,15,16)(H2,14,17,18). The van der Waals surface area contributed by atoms with E-state index in [0.29, 0.717) is 10.2 Å². The molecule has 0 heterocycles. The van der Waals surface area contributed by atoms with Gasteiger partial charge in [-0.2, -0.15) is 0 Å². The molecule has 0 aromatic heterocycles. The molecule has 1 rings (SSSR count). The molecule has 5 N–H and O–H groups in total. The molecule has 8 heteroatoms. The van der Waals surface area contributed by atoms with Gasteiger partial charge >= 0.3 is 0 Å². The van der Waals surface area contributed by atoms with Crippen molar-refractivity contribution in [2.75, 3.05) is 5.32 Å². The molecule has 1 amide bonds. The Balaban J connectivity index is 2.90. The molecule has 6 nitrogen and oxygen atoms in total. The smallest absolute Gasteiger partial charge is 0.238 e. The van der Waals surface area contributed by atoms with Gasteiger partial charge in [-0.1, -0.05) is 0 Å². The summed E-state index contributed by atoms with van der Waals surface area (Å²) in [7, 11) is -3.76. The van der Waals surface area contributed by atoms with Gasteiger partial charge in [0, 0.05) is 16.4 Å². The minimum absolute atomic E-state index is 0.0310. The number of rotatable bonds is 4. The van der Waals surface area contributed by atoms with Gasteiger partial charge in [-0.05, 0) is 48.0 Å². The van der Waals surface area contributed by atoms with Crippen LogP contribution in [-0.4, -0.2) is 19.9 Å². The lowest BCUT2D eigenvalue weighted by atomic mass is 10.0. The zero-order valence-electron chi connectivity index (χ0n) is 10.6. The van der Waals surface area contributed by atoms with E-state index in [0.717, 1.165) is 0 Å². The molecule has 1 aromatic carbocycles. The maximum Gasteiger partial charge on any atom is 0.238 e. The lowest BCUT2D eigenvalue weighted by molar-refractivity contribution is -0.117. The Morgan fingerprint density at radius 2 is 2.00 bits per heavy atom. The SMILES string of the molecule is CC(C)(N)CC(=O)Nc1ccc(S(N)(=O)=O)cc1Br. The summed E-state index contributed by atoms with van der Waals surface area (Å²) >= 11 is 3.18. The second-order valence-corrected chi connectivity index (χ2v) is 7.32. The molecule has 0 aliphatic carbocycles. The van der Waals surface area contributed by atoms with E-state index in [9.17, 15) is 13.2 Å². The van der Waals surface area contributed by atoms with Crippen LogP contribution in [-0.2, 0) is 14.8 Å². The van der Waals surface area contributed by atoms with Crippen LogP contribution in [0.2, 0.25) is 0 Å². The van der Waals surface area contributed by atoms with Crippen LogP contribution >= 0.6 is 15.9 Å². The Labute approximate surface area is 120 Å². The van der Waals surface area contributed by atoms with E-state index in [-0.39, 0.29) is 17.2 Å². The van der Waals surface area contributed by atoms with Crippen molar-refractivity contribution in [3.05, 3.63) is 22.7 Å². The number of benzene rings is 1. The first-order chi connectivity index (χ1) is 8.49. The molecule has 0 saturated heterocycles. The van der Waals surface area contributed by atoms with Gasteiger partial charge in [-0.15, -0.1) is 0 Å². The van der Waals surface area contributed by atoms with Gasteiger partial charge in [0.05, 0.1) is 10.6 Å². The molecule has 0 atom stereocenters. The quantitative estimate of drug-likeness (QED) is 0.756. The first-order valence-electron chi connectivity index (χ1n) is 5.40. The van der Waals surface area contributed by atoms with Crippen molar-refractivity contribution in [1.29, 1.82) is 0 Å². The van der Waals surface area contributed by atoms with Crippen LogP contribution < -0.4 is 16.2 Å². The number of hydrogen-bond acceptors (Lipinski definition) is 4. The molecule has 106 valence electrons. The highest BCUT2D eigenvalue weighted by molar-refractivity contribution is 9.10. The largest absolute Gasteiger partial charge is 0.325 e. The monoisotopic (exact) mass is 349 g/mol. The number of amides is 1. The summed E-state index contributed by atoms with van der Waals surface area (Å²) in [5.41, 5.74) is 5.59. The predicted octanol–water partition coefficient (Wildman–Crippen LogP) is 1.16. The average Bonchev–Trinajstić information content (AvgIpc) is 2.16. The number of carbonyl (C=O) groups excluding carboxylic acids is 1. The second kappa shape index (κ2) is 5.58. The molecule has 0 bridgehead atoms. The molecule has 0 unspecified atom stereocenters. The van der Waals surface area contributed by atoms with Crippen LogP contribution in [0.5, 0.6) is 0 Å². The summed E-state index contributed by atoms with van der Waals surface area (Å²) in [6.07, 6.45) is 0.149. The molecule has 0 radical (unpaired) electrons. The molecule has 0 aliphatic rings. The third kappa shape index (κ3) is 5.27. The number of nitrogens with two attached hydrogens (primary N) is 2. The Bertz CT molecular complexity index is 594. The zero-order chi connectivity index (χ0) is 14.8. The first-order valence-corrected chi connectivity index (χ1v) is 7.74. The summed E-state index contributed by atoms with van der Waals surface area (Å²) in [6, 6.07) is 4.12. The third-order valence-corrected chi connectivity index (χ3v) is 3.73. The molecule has 19 heavy (non-hydrogen) atoms. The third-order valence-electron chi connectivity index (χ3n) is 2.16. The topological polar surface area (TPSA) is 115 Å². The van der Waals surface area contributed by atoms with Crippen molar-refractivity contribution in [1.82, 2.24) is 0 Å². The fraction of sp³-hybridized carbons (Fsp3) is 0.364. The van der Waals surface area contributed by atoms with Crippen molar-refractivity contribution in [2.24, 2.45) is 10.9 Å². The lowest BCUT2D eigenvalue weighted by Gasteiger charge is -2.18. The molecule has 0 aliphatic heterocycles. The Morgan fingerprint density at radius 1 is 1.42 bits per heavy atom. The first kappa shape index (κ1) is 16.1. The molecular formula is C11H16BrN3O3S. The Kier molecular flexibility index (Phi) is 4.72. The van der Waals surface area contributed by atoms with Crippen LogP contribution in [0.15, 0.2) is 27.6 Å². The van der Waals surface area contributed by atoms with Crippen LogP contribution in [0, 0.1) is 0 Å². The summed E-state index contributed by atoms with van der Waals surface area (Å²) in [5, 5.41) is 7.65. The maximum atomic E-state index is 11.7. The van der Waals surface area contributed by atoms with Crippen molar-refractivity contribution >= 4 is 37.5 Å². The summed E-state index contributed by atoms with van der Waals surface area (Å²) < 4.78 is 22.8. The normalized spacial score (nSPS) is 12.3. The van der Waals surface area contributed by atoms with Gasteiger partial charge < -0.3 is 11.1 Å². The minimum Gasteiger partial charge on any atom is -0.325 e. The average molecular weight is 350 g/mol. The molecular weight excluding hydrogens is 334 g/mol. The summed E-state index contributed by atoms with van der Waals surface area (Å²) in [6.45, 7) is 3.48. The van der Waals surface area contributed by atoms with E-state index >= 15 is 0 Å². The van der Waals surface area contributed by atoms with E-state index in [2.05, 4.69) is 21.2 Å². The van der Waals surface area contributed by atoms with Crippen molar-refractivity contribution in [2.45, 2.75) is 30.7 Å². The van der Waals surface area contributed by atoms with Gasteiger partial charge in [0.15, 0.2) is 0 Å². The highest BCUT2D eigenvalue weighted by atomic mass is 79.9.